The summed E-state index contributed by atoms with van der Waals surface area (Å²) in [4.78, 5) is 0. The van der Waals surface area contributed by atoms with E-state index in [-0.39, 0.29) is 12.4 Å². The zero-order valence-corrected chi connectivity index (χ0v) is 11.4. The van der Waals surface area contributed by atoms with E-state index < -0.39 is 11.7 Å². The lowest BCUT2D eigenvalue weighted by Gasteiger charge is -2.12. The van der Waals surface area contributed by atoms with E-state index in [1.807, 2.05) is 24.3 Å². The lowest BCUT2D eigenvalue weighted by atomic mass is 10.1. The Kier molecular flexibility index (Phi) is 4.85. The van der Waals surface area contributed by atoms with Gasteiger partial charge in [-0.1, -0.05) is 30.3 Å². The second-order valence-corrected chi connectivity index (χ2v) is 4.62. The highest BCUT2D eigenvalue weighted by molar-refractivity contribution is 5.32. The SMILES string of the molecule is NCCc1ccccc1COc1cccc(C(F)(F)F)c1. The number of benzene rings is 2. The van der Waals surface area contributed by atoms with Crippen molar-refractivity contribution in [3.63, 3.8) is 0 Å². The van der Waals surface area contributed by atoms with Gasteiger partial charge in [-0.05, 0) is 42.3 Å². The van der Waals surface area contributed by atoms with Crippen LogP contribution in [0.25, 0.3) is 0 Å². The van der Waals surface area contributed by atoms with Gasteiger partial charge in [0.1, 0.15) is 12.4 Å². The lowest BCUT2D eigenvalue weighted by Crippen LogP contribution is -2.08. The van der Waals surface area contributed by atoms with E-state index in [0.29, 0.717) is 13.0 Å². The van der Waals surface area contributed by atoms with Crippen molar-refractivity contribution in [1.82, 2.24) is 0 Å². The van der Waals surface area contributed by atoms with Gasteiger partial charge in [0, 0.05) is 0 Å². The van der Waals surface area contributed by atoms with Crippen LogP contribution >= 0.6 is 0 Å². The van der Waals surface area contributed by atoms with Crippen LogP contribution in [0.4, 0.5) is 13.2 Å². The largest absolute Gasteiger partial charge is 0.489 e. The molecule has 2 nitrogen and oxygen atoms in total. The Labute approximate surface area is 121 Å². The fraction of sp³-hybridized carbons (Fsp3) is 0.250. The zero-order chi connectivity index (χ0) is 15.3. The van der Waals surface area contributed by atoms with Crippen molar-refractivity contribution in [3.8, 4) is 5.75 Å². The van der Waals surface area contributed by atoms with Crippen molar-refractivity contribution in [2.24, 2.45) is 5.73 Å². The predicted octanol–water partition coefficient (Wildman–Crippen LogP) is 3.79. The molecule has 0 aromatic heterocycles. The standard InChI is InChI=1S/C16H16F3NO/c17-16(18,19)14-6-3-7-15(10-14)21-11-13-5-2-1-4-12(13)8-9-20/h1-7,10H,8-9,11,20H2. The van der Waals surface area contributed by atoms with Gasteiger partial charge in [0.25, 0.3) is 0 Å². The summed E-state index contributed by atoms with van der Waals surface area (Å²) in [6.07, 6.45) is -3.65. The number of ether oxygens (including phenoxy) is 1. The molecule has 112 valence electrons. The van der Waals surface area contributed by atoms with E-state index in [2.05, 4.69) is 0 Å². The van der Waals surface area contributed by atoms with Crippen molar-refractivity contribution in [2.45, 2.75) is 19.2 Å². The van der Waals surface area contributed by atoms with E-state index in [9.17, 15) is 13.2 Å². The van der Waals surface area contributed by atoms with Gasteiger partial charge in [-0.15, -0.1) is 0 Å². The average Bonchev–Trinajstić information content (AvgIpc) is 2.46. The number of hydrogen-bond acceptors (Lipinski definition) is 2. The summed E-state index contributed by atoms with van der Waals surface area (Å²) in [6, 6.07) is 12.5. The lowest BCUT2D eigenvalue weighted by molar-refractivity contribution is -0.137. The Bertz CT molecular complexity index is 596. The third-order valence-electron chi connectivity index (χ3n) is 3.09. The number of alkyl halides is 3. The van der Waals surface area contributed by atoms with E-state index in [1.165, 1.54) is 12.1 Å². The highest BCUT2D eigenvalue weighted by Gasteiger charge is 2.30. The quantitative estimate of drug-likeness (QED) is 0.911. The molecule has 0 saturated carbocycles. The van der Waals surface area contributed by atoms with Crippen molar-refractivity contribution in [3.05, 3.63) is 65.2 Å². The van der Waals surface area contributed by atoms with Gasteiger partial charge in [-0.2, -0.15) is 13.2 Å². The zero-order valence-electron chi connectivity index (χ0n) is 11.4. The molecule has 21 heavy (non-hydrogen) atoms. The highest BCUT2D eigenvalue weighted by Crippen LogP contribution is 2.31. The van der Waals surface area contributed by atoms with Crippen LogP contribution in [0, 0.1) is 0 Å². The summed E-state index contributed by atoms with van der Waals surface area (Å²) >= 11 is 0. The molecule has 0 unspecified atom stereocenters. The van der Waals surface area contributed by atoms with Gasteiger partial charge in [0.15, 0.2) is 0 Å². The molecule has 0 fully saturated rings. The summed E-state index contributed by atoms with van der Waals surface area (Å²) < 4.78 is 43.4. The number of halogens is 3. The number of hydrogen-bond donors (Lipinski definition) is 1. The van der Waals surface area contributed by atoms with Crippen LogP contribution in [0.3, 0.4) is 0 Å². The maximum atomic E-state index is 12.6. The fourth-order valence-electron chi connectivity index (χ4n) is 2.02. The third-order valence-corrected chi connectivity index (χ3v) is 3.09. The fourth-order valence-corrected chi connectivity index (χ4v) is 2.02. The Morgan fingerprint density at radius 3 is 2.33 bits per heavy atom. The molecule has 0 aliphatic rings. The molecule has 0 saturated heterocycles. The first kappa shape index (κ1) is 15.4. The summed E-state index contributed by atoms with van der Waals surface area (Å²) in [5, 5.41) is 0. The van der Waals surface area contributed by atoms with E-state index in [4.69, 9.17) is 10.5 Å². The van der Waals surface area contributed by atoms with Gasteiger partial charge in [-0.25, -0.2) is 0 Å². The van der Waals surface area contributed by atoms with Crippen LogP contribution in [-0.4, -0.2) is 6.54 Å². The second kappa shape index (κ2) is 6.63. The number of nitrogens with two attached hydrogens (primary N) is 1. The molecule has 0 atom stereocenters. The smallest absolute Gasteiger partial charge is 0.416 e. The van der Waals surface area contributed by atoms with Crippen LogP contribution in [0.2, 0.25) is 0 Å². The molecule has 0 aliphatic heterocycles. The third kappa shape index (κ3) is 4.23. The van der Waals surface area contributed by atoms with Gasteiger partial charge < -0.3 is 10.5 Å². The molecule has 0 bridgehead atoms. The molecule has 2 rings (SSSR count). The van der Waals surface area contributed by atoms with Crippen molar-refractivity contribution in [2.75, 3.05) is 6.54 Å². The molecule has 0 aliphatic carbocycles. The minimum Gasteiger partial charge on any atom is -0.489 e. The van der Waals surface area contributed by atoms with Crippen LogP contribution in [0.1, 0.15) is 16.7 Å². The Balaban J connectivity index is 2.10. The van der Waals surface area contributed by atoms with Crippen LogP contribution in [0.5, 0.6) is 5.75 Å². The van der Waals surface area contributed by atoms with Gasteiger partial charge >= 0.3 is 6.18 Å². The van der Waals surface area contributed by atoms with Crippen molar-refractivity contribution in [1.29, 1.82) is 0 Å². The normalized spacial score (nSPS) is 11.4. The van der Waals surface area contributed by atoms with Crippen LogP contribution < -0.4 is 10.5 Å². The summed E-state index contributed by atoms with van der Waals surface area (Å²) in [5.74, 6) is 0.201. The van der Waals surface area contributed by atoms with Gasteiger partial charge in [0.05, 0.1) is 5.56 Å². The monoisotopic (exact) mass is 295 g/mol. The van der Waals surface area contributed by atoms with Gasteiger partial charge in [-0.3, -0.25) is 0 Å². The molecule has 0 spiro atoms. The molecule has 0 heterocycles. The molecular weight excluding hydrogens is 279 g/mol. The van der Waals surface area contributed by atoms with Crippen molar-refractivity contribution >= 4 is 0 Å². The van der Waals surface area contributed by atoms with E-state index in [0.717, 1.165) is 23.3 Å². The van der Waals surface area contributed by atoms with Crippen LogP contribution in [-0.2, 0) is 19.2 Å². The second-order valence-electron chi connectivity index (χ2n) is 4.62. The topological polar surface area (TPSA) is 35.2 Å². The molecule has 2 aromatic carbocycles. The average molecular weight is 295 g/mol. The summed E-state index contributed by atoms with van der Waals surface area (Å²) in [7, 11) is 0. The minimum absolute atomic E-state index is 0.201. The summed E-state index contributed by atoms with van der Waals surface area (Å²) in [6.45, 7) is 0.734. The predicted molar refractivity (Wildman–Crippen MR) is 75.0 cm³/mol. The summed E-state index contributed by atoms with van der Waals surface area (Å²) in [5.41, 5.74) is 6.80. The molecular formula is C16H16F3NO. The van der Waals surface area contributed by atoms with Crippen LogP contribution in [0.15, 0.2) is 48.5 Å². The van der Waals surface area contributed by atoms with E-state index in [1.54, 1.807) is 0 Å². The number of rotatable bonds is 5. The Hall–Kier alpha value is -2.01. The molecule has 2 aromatic rings. The first-order valence-electron chi connectivity index (χ1n) is 6.57. The first-order chi connectivity index (χ1) is 10.0. The van der Waals surface area contributed by atoms with Crippen molar-refractivity contribution < 1.29 is 17.9 Å². The Morgan fingerprint density at radius 1 is 0.952 bits per heavy atom. The van der Waals surface area contributed by atoms with Gasteiger partial charge in [0.2, 0.25) is 0 Å². The molecule has 5 heteroatoms. The Morgan fingerprint density at radius 2 is 1.67 bits per heavy atom. The van der Waals surface area contributed by atoms with E-state index >= 15 is 0 Å². The molecule has 0 radical (unpaired) electrons. The minimum atomic E-state index is -4.36. The maximum absolute atomic E-state index is 12.6. The molecule has 0 amide bonds. The first-order valence-corrected chi connectivity index (χ1v) is 6.57. The molecule has 2 N–H and O–H groups in total. The maximum Gasteiger partial charge on any atom is 0.416 e. The highest BCUT2D eigenvalue weighted by atomic mass is 19.4.